The molecule has 14 heteroatoms. The van der Waals surface area contributed by atoms with Crippen LogP contribution >= 0.6 is 11.6 Å². The Morgan fingerprint density at radius 2 is 1.91 bits per heavy atom. The summed E-state index contributed by atoms with van der Waals surface area (Å²) in [4.78, 5) is 30.5. The molecule has 1 unspecified atom stereocenters. The van der Waals surface area contributed by atoms with Crippen molar-refractivity contribution in [3.05, 3.63) is 64.4 Å². The van der Waals surface area contributed by atoms with Gasteiger partial charge in [-0.25, -0.2) is 22.0 Å². The molecule has 2 saturated heterocycles. The van der Waals surface area contributed by atoms with Crippen LogP contribution in [0, 0.1) is 17.6 Å². The van der Waals surface area contributed by atoms with Crippen LogP contribution in [-0.2, 0) is 19.6 Å². The molecule has 3 heterocycles. The minimum atomic E-state index is -3.32. The molecule has 246 valence electrons. The van der Waals surface area contributed by atoms with E-state index in [9.17, 15) is 26.8 Å². The monoisotopic (exact) mass is 667 g/mol. The quantitative estimate of drug-likeness (QED) is 0.367. The number of pyridine rings is 1. The molecule has 3 fully saturated rings. The molecule has 0 radical (unpaired) electrons. The highest BCUT2D eigenvalue weighted by molar-refractivity contribution is 7.89. The second-order valence-corrected chi connectivity index (χ2v) is 14.7. The van der Waals surface area contributed by atoms with Gasteiger partial charge in [0.15, 0.2) is 0 Å². The van der Waals surface area contributed by atoms with Gasteiger partial charge in [-0.1, -0.05) is 30.5 Å². The number of nitrogens with one attached hydrogen (secondary N) is 3. The van der Waals surface area contributed by atoms with E-state index in [-0.39, 0.29) is 45.9 Å². The van der Waals surface area contributed by atoms with Gasteiger partial charge in [0.05, 0.1) is 24.1 Å². The molecule has 45 heavy (non-hydrogen) atoms. The number of nitrogens with zero attached hydrogens (tertiary/aromatic N) is 2. The summed E-state index contributed by atoms with van der Waals surface area (Å²) in [6.45, 7) is 1.08. The van der Waals surface area contributed by atoms with E-state index >= 15 is 0 Å². The van der Waals surface area contributed by atoms with Crippen LogP contribution < -0.4 is 16.0 Å². The molecule has 1 aliphatic carbocycles. The number of sulfonamides is 1. The zero-order valence-corrected chi connectivity index (χ0v) is 26.8. The van der Waals surface area contributed by atoms with Crippen molar-refractivity contribution >= 4 is 33.6 Å². The molecule has 1 saturated carbocycles. The molecule has 3 N–H and O–H groups in total. The van der Waals surface area contributed by atoms with Gasteiger partial charge in [0.25, 0.3) is 0 Å². The Morgan fingerprint density at radius 3 is 2.67 bits per heavy atom. The number of carbonyl (C=O) groups excluding carboxylic acids is 2. The molecule has 1 aromatic carbocycles. The predicted octanol–water partition coefficient (Wildman–Crippen LogP) is 4.09. The highest BCUT2D eigenvalue weighted by Crippen LogP contribution is 2.34. The second-order valence-electron chi connectivity index (χ2n) is 12.2. The van der Waals surface area contributed by atoms with Crippen LogP contribution in [0.3, 0.4) is 0 Å². The van der Waals surface area contributed by atoms with Crippen LogP contribution in [-0.4, -0.2) is 79.8 Å². The summed E-state index contributed by atoms with van der Waals surface area (Å²) in [5, 5.41) is 9.09. The standard InChI is InChI=1S/C31H40ClF2N5O5S/c1-44-31(41)38-29(28(21-13-22(33)16-35-15-21)20-9-11-25(32)26(34)14-20)30(40)37-27-7-3-2-5-19(27)8-10-24-17-36-23-6-4-12-45(42,43)39(24)18-23/h9,11,13-16,19,23-24,27-29,36H,2-8,10,12,17-18H2,1H3,(H,37,40)(H,38,41)/t19-,23-,24+,27+,28+,29+/m1/s1. The van der Waals surface area contributed by atoms with Gasteiger partial charge in [-0.05, 0) is 73.8 Å². The van der Waals surface area contributed by atoms with E-state index in [0.717, 1.165) is 45.1 Å². The highest BCUT2D eigenvalue weighted by Gasteiger charge is 2.40. The number of benzene rings is 1. The molecule has 0 spiro atoms. The van der Waals surface area contributed by atoms with E-state index in [2.05, 4.69) is 20.9 Å². The number of halogens is 3. The van der Waals surface area contributed by atoms with Crippen LogP contribution in [0.1, 0.15) is 68.4 Å². The van der Waals surface area contributed by atoms with Gasteiger partial charge in [-0.3, -0.25) is 9.78 Å². The number of ether oxygens (including phenoxy) is 1. The fourth-order valence-electron chi connectivity index (χ4n) is 7.03. The van der Waals surface area contributed by atoms with E-state index in [0.29, 0.717) is 38.8 Å². The maximum Gasteiger partial charge on any atom is 0.407 e. The van der Waals surface area contributed by atoms with E-state index in [1.54, 1.807) is 4.31 Å². The normalized spacial score (nSPS) is 27.4. The third kappa shape index (κ3) is 8.11. The number of carbonyl (C=O) groups is 2. The van der Waals surface area contributed by atoms with E-state index in [1.165, 1.54) is 24.4 Å². The summed E-state index contributed by atoms with van der Waals surface area (Å²) in [6.07, 6.45) is 7.78. The van der Waals surface area contributed by atoms with Crippen LogP contribution in [0.15, 0.2) is 36.7 Å². The van der Waals surface area contributed by atoms with Crippen molar-refractivity contribution in [2.45, 2.75) is 81.5 Å². The molecule has 10 nitrogen and oxygen atoms in total. The Bertz CT molecular complexity index is 1480. The molecule has 2 aliphatic heterocycles. The molecule has 2 amide bonds. The zero-order valence-electron chi connectivity index (χ0n) is 25.2. The molecule has 7 atom stereocenters. The number of amides is 2. The Labute approximate surface area is 267 Å². The number of fused-ring (bicyclic) bond motifs is 2. The summed E-state index contributed by atoms with van der Waals surface area (Å²) >= 11 is 5.93. The fraction of sp³-hybridized carbons (Fsp3) is 0.581. The first-order chi connectivity index (χ1) is 21.6. The lowest BCUT2D eigenvalue weighted by atomic mass is 9.80. The predicted molar refractivity (Wildman–Crippen MR) is 165 cm³/mol. The van der Waals surface area contributed by atoms with Crippen molar-refractivity contribution in [2.24, 2.45) is 5.92 Å². The van der Waals surface area contributed by atoms with Gasteiger partial charge < -0.3 is 20.7 Å². The van der Waals surface area contributed by atoms with Gasteiger partial charge in [0, 0.05) is 43.3 Å². The molecule has 2 bridgehead atoms. The molecule has 5 rings (SSSR count). The van der Waals surface area contributed by atoms with Gasteiger partial charge in [-0.15, -0.1) is 0 Å². The second kappa shape index (κ2) is 14.7. The Balaban J connectivity index is 1.37. The summed E-state index contributed by atoms with van der Waals surface area (Å²) in [6, 6.07) is 3.66. The number of rotatable bonds is 9. The van der Waals surface area contributed by atoms with E-state index in [1.807, 2.05) is 0 Å². The Morgan fingerprint density at radius 1 is 1.11 bits per heavy atom. The van der Waals surface area contributed by atoms with Crippen molar-refractivity contribution in [1.82, 2.24) is 25.2 Å². The third-order valence-electron chi connectivity index (χ3n) is 9.33. The molecule has 3 aliphatic rings. The first-order valence-electron chi connectivity index (χ1n) is 15.5. The summed E-state index contributed by atoms with van der Waals surface area (Å²) in [5.41, 5.74) is 0.526. The van der Waals surface area contributed by atoms with Crippen LogP contribution in [0.5, 0.6) is 0 Å². The van der Waals surface area contributed by atoms with Crippen LogP contribution in [0.4, 0.5) is 13.6 Å². The Kier molecular flexibility index (Phi) is 10.9. The van der Waals surface area contributed by atoms with Crippen molar-refractivity contribution < 1.29 is 31.5 Å². The summed E-state index contributed by atoms with van der Waals surface area (Å²) in [7, 11) is -2.16. The number of hydrogen-bond donors (Lipinski definition) is 3. The number of methoxy groups -OCH3 is 1. The average Bonchev–Trinajstić information content (AvgIpc) is 3.13. The summed E-state index contributed by atoms with van der Waals surface area (Å²) in [5.74, 6) is -2.72. The highest BCUT2D eigenvalue weighted by atomic mass is 35.5. The van der Waals surface area contributed by atoms with Crippen molar-refractivity contribution in [2.75, 3.05) is 26.0 Å². The van der Waals surface area contributed by atoms with Gasteiger partial charge >= 0.3 is 6.09 Å². The molecule has 2 aromatic rings. The number of hydrogen-bond acceptors (Lipinski definition) is 7. The first kappa shape index (κ1) is 33.5. The lowest BCUT2D eigenvalue weighted by Crippen LogP contribution is -2.57. The number of aromatic nitrogens is 1. The molecular formula is C31H40ClF2N5O5S. The van der Waals surface area contributed by atoms with Gasteiger partial charge in [0.2, 0.25) is 15.9 Å². The molecule has 1 aromatic heterocycles. The number of alkyl carbamates (subject to hydrolysis) is 1. The minimum Gasteiger partial charge on any atom is -0.453 e. The zero-order chi connectivity index (χ0) is 32.1. The molecular weight excluding hydrogens is 628 g/mol. The van der Waals surface area contributed by atoms with Gasteiger partial charge in [-0.2, -0.15) is 4.31 Å². The van der Waals surface area contributed by atoms with Crippen molar-refractivity contribution in [3.8, 4) is 0 Å². The lowest BCUT2D eigenvalue weighted by Gasteiger charge is -2.39. The summed E-state index contributed by atoms with van der Waals surface area (Å²) < 4.78 is 61.5. The first-order valence-corrected chi connectivity index (χ1v) is 17.5. The lowest BCUT2D eigenvalue weighted by molar-refractivity contribution is -0.124. The van der Waals surface area contributed by atoms with E-state index < -0.39 is 45.6 Å². The van der Waals surface area contributed by atoms with Crippen molar-refractivity contribution in [3.63, 3.8) is 0 Å². The topological polar surface area (TPSA) is 130 Å². The minimum absolute atomic E-state index is 0.0798. The third-order valence-corrected chi connectivity index (χ3v) is 11.6. The SMILES string of the molecule is COC(=O)N[C@H](C(=O)N[C@H]1CCCC[C@@H]1CC[C@H]1CN[C@@H]2CCCS(=O)(=O)N1C2)[C@H](c1cncc(F)c1)c1ccc(Cl)c(F)c1. The Hall–Kier alpha value is -2.87. The average molecular weight is 668 g/mol. The van der Waals surface area contributed by atoms with E-state index in [4.69, 9.17) is 16.3 Å². The smallest absolute Gasteiger partial charge is 0.407 e. The fourth-order valence-corrected chi connectivity index (χ4v) is 8.96. The van der Waals surface area contributed by atoms with Crippen LogP contribution in [0.2, 0.25) is 5.02 Å². The number of piperazine rings is 1. The van der Waals surface area contributed by atoms with Crippen molar-refractivity contribution in [1.29, 1.82) is 0 Å². The maximum absolute atomic E-state index is 14.7. The largest absolute Gasteiger partial charge is 0.453 e. The maximum atomic E-state index is 14.7. The van der Waals surface area contributed by atoms with Crippen LogP contribution in [0.25, 0.3) is 0 Å². The van der Waals surface area contributed by atoms with Gasteiger partial charge in [0.1, 0.15) is 17.7 Å².